The summed E-state index contributed by atoms with van der Waals surface area (Å²) in [5, 5.41) is 4.82. The van der Waals surface area contributed by atoms with E-state index in [1.54, 1.807) is 6.07 Å². The zero-order valence-electron chi connectivity index (χ0n) is 15.8. The van der Waals surface area contributed by atoms with Crippen LogP contribution in [0.25, 0.3) is 10.9 Å². The second kappa shape index (κ2) is 6.69. The second-order valence-electron chi connectivity index (χ2n) is 7.73. The van der Waals surface area contributed by atoms with Crippen molar-refractivity contribution in [3.05, 3.63) is 63.2 Å². The third-order valence-corrected chi connectivity index (χ3v) is 6.94. The molecule has 0 atom stereocenters. The van der Waals surface area contributed by atoms with Gasteiger partial charge in [0.2, 0.25) is 5.91 Å². The first-order valence-corrected chi connectivity index (χ1v) is 10.7. The molecular weight excluding hydrogens is 454 g/mol. The SMILES string of the molecule is Cn1c(C(=O)N2C(=O)C3(CCNCC3)c3cc(Br)ccc32)cc2cc(Cl)ccc21. The molecule has 0 aliphatic carbocycles. The highest BCUT2D eigenvalue weighted by molar-refractivity contribution is 9.10. The normalized spacial score (nSPS) is 17.9. The highest BCUT2D eigenvalue weighted by Crippen LogP contribution is 2.48. The summed E-state index contributed by atoms with van der Waals surface area (Å²) in [6.45, 7) is 1.51. The van der Waals surface area contributed by atoms with Crippen molar-refractivity contribution >= 4 is 55.9 Å². The largest absolute Gasteiger partial charge is 0.340 e. The van der Waals surface area contributed by atoms with Crippen LogP contribution in [0.2, 0.25) is 5.02 Å². The Morgan fingerprint density at radius 1 is 1.14 bits per heavy atom. The predicted molar refractivity (Wildman–Crippen MR) is 118 cm³/mol. The summed E-state index contributed by atoms with van der Waals surface area (Å²) in [5.74, 6) is -0.427. The molecule has 5 nitrogen and oxygen atoms in total. The number of halogens is 2. The molecule has 29 heavy (non-hydrogen) atoms. The number of aryl methyl sites for hydroxylation is 1. The minimum Gasteiger partial charge on any atom is -0.340 e. The van der Waals surface area contributed by atoms with Crippen LogP contribution in [0.15, 0.2) is 46.9 Å². The fraction of sp³-hybridized carbons (Fsp3) is 0.273. The fourth-order valence-corrected chi connectivity index (χ4v) is 5.25. The number of rotatable bonds is 1. The van der Waals surface area contributed by atoms with Gasteiger partial charge in [0.15, 0.2) is 0 Å². The molecule has 1 aromatic heterocycles. The lowest BCUT2D eigenvalue weighted by Crippen LogP contribution is -2.49. The van der Waals surface area contributed by atoms with Gasteiger partial charge in [0, 0.05) is 27.4 Å². The van der Waals surface area contributed by atoms with Crippen molar-refractivity contribution in [2.75, 3.05) is 18.0 Å². The van der Waals surface area contributed by atoms with Crippen LogP contribution >= 0.6 is 27.5 Å². The van der Waals surface area contributed by atoms with Gasteiger partial charge < -0.3 is 9.88 Å². The van der Waals surface area contributed by atoms with Crippen LogP contribution in [-0.4, -0.2) is 29.5 Å². The van der Waals surface area contributed by atoms with Crippen LogP contribution < -0.4 is 10.2 Å². The van der Waals surface area contributed by atoms with E-state index in [-0.39, 0.29) is 11.8 Å². The van der Waals surface area contributed by atoms with Crippen molar-refractivity contribution in [1.29, 1.82) is 0 Å². The van der Waals surface area contributed by atoms with Gasteiger partial charge >= 0.3 is 0 Å². The van der Waals surface area contributed by atoms with E-state index in [0.717, 1.165) is 34.0 Å². The van der Waals surface area contributed by atoms with Crippen LogP contribution in [-0.2, 0) is 17.3 Å². The second-order valence-corrected chi connectivity index (χ2v) is 9.08. The van der Waals surface area contributed by atoms with E-state index in [0.29, 0.717) is 29.2 Å². The van der Waals surface area contributed by atoms with Gasteiger partial charge in [-0.2, -0.15) is 0 Å². The maximum Gasteiger partial charge on any atom is 0.281 e. The van der Waals surface area contributed by atoms with E-state index in [4.69, 9.17) is 11.6 Å². The summed E-state index contributed by atoms with van der Waals surface area (Å²) >= 11 is 9.65. The number of carbonyl (C=O) groups excluding carboxylic acids is 2. The molecule has 3 aromatic rings. The van der Waals surface area contributed by atoms with Crippen LogP contribution in [0.3, 0.4) is 0 Å². The number of imide groups is 1. The Hall–Kier alpha value is -2.15. The number of anilines is 1. The Labute approximate surface area is 181 Å². The summed E-state index contributed by atoms with van der Waals surface area (Å²) in [7, 11) is 1.84. The highest BCUT2D eigenvalue weighted by atomic mass is 79.9. The molecule has 1 saturated heterocycles. The molecule has 5 rings (SSSR count). The Bertz CT molecular complexity index is 1180. The van der Waals surface area contributed by atoms with Crippen molar-refractivity contribution < 1.29 is 9.59 Å². The molecule has 3 heterocycles. The molecule has 7 heteroatoms. The van der Waals surface area contributed by atoms with Gasteiger partial charge in [-0.05, 0) is 74.0 Å². The van der Waals surface area contributed by atoms with Gasteiger partial charge in [0.05, 0.1) is 11.1 Å². The van der Waals surface area contributed by atoms with E-state index in [1.165, 1.54) is 4.90 Å². The molecule has 0 radical (unpaired) electrons. The maximum absolute atomic E-state index is 13.7. The molecule has 1 N–H and O–H groups in total. The van der Waals surface area contributed by atoms with Gasteiger partial charge in [-0.25, -0.2) is 4.90 Å². The van der Waals surface area contributed by atoms with Crippen molar-refractivity contribution in [2.24, 2.45) is 7.05 Å². The molecule has 0 saturated carbocycles. The Balaban J connectivity index is 1.66. The molecule has 148 valence electrons. The number of benzene rings is 2. The molecule has 0 unspecified atom stereocenters. The van der Waals surface area contributed by atoms with E-state index >= 15 is 0 Å². The maximum atomic E-state index is 13.7. The number of aromatic nitrogens is 1. The lowest BCUT2D eigenvalue weighted by atomic mass is 9.74. The number of amides is 2. The van der Waals surface area contributed by atoms with Crippen LogP contribution in [0.1, 0.15) is 28.9 Å². The summed E-state index contributed by atoms with van der Waals surface area (Å²) in [5.41, 5.74) is 2.35. The van der Waals surface area contributed by atoms with Crippen molar-refractivity contribution in [1.82, 2.24) is 9.88 Å². The van der Waals surface area contributed by atoms with Crippen molar-refractivity contribution in [3.8, 4) is 0 Å². The van der Waals surface area contributed by atoms with Crippen LogP contribution in [0.5, 0.6) is 0 Å². The van der Waals surface area contributed by atoms with E-state index in [9.17, 15) is 9.59 Å². The third kappa shape index (κ3) is 2.70. The molecule has 2 aliphatic heterocycles. The molecule has 2 amide bonds. The van der Waals surface area contributed by atoms with Gasteiger partial charge in [-0.3, -0.25) is 9.59 Å². The average Bonchev–Trinajstić information content (AvgIpc) is 3.15. The number of nitrogens with zero attached hydrogens (tertiary/aromatic N) is 2. The molecule has 0 bridgehead atoms. The number of carbonyl (C=O) groups is 2. The van der Waals surface area contributed by atoms with Gasteiger partial charge in [0.25, 0.3) is 5.91 Å². The smallest absolute Gasteiger partial charge is 0.281 e. The zero-order chi connectivity index (χ0) is 20.3. The number of piperidine rings is 1. The Morgan fingerprint density at radius 3 is 2.66 bits per heavy atom. The average molecular weight is 473 g/mol. The number of nitrogens with one attached hydrogen (secondary N) is 1. The van der Waals surface area contributed by atoms with Crippen molar-refractivity contribution in [3.63, 3.8) is 0 Å². The molecule has 1 fully saturated rings. The van der Waals surface area contributed by atoms with E-state index < -0.39 is 5.41 Å². The lowest BCUT2D eigenvalue weighted by Gasteiger charge is -2.32. The topological polar surface area (TPSA) is 54.3 Å². The minimum atomic E-state index is -0.645. The summed E-state index contributed by atoms with van der Waals surface area (Å²) in [6.07, 6.45) is 1.37. The first-order chi connectivity index (χ1) is 13.9. The minimum absolute atomic E-state index is 0.125. The zero-order valence-corrected chi connectivity index (χ0v) is 18.2. The van der Waals surface area contributed by atoms with Gasteiger partial charge in [-0.1, -0.05) is 27.5 Å². The molecular formula is C22H19BrClN3O2. The predicted octanol–water partition coefficient (Wildman–Crippen LogP) is 4.40. The number of hydrogen-bond acceptors (Lipinski definition) is 3. The number of fused-ring (bicyclic) bond motifs is 3. The Kier molecular flexibility index (Phi) is 4.35. The fourth-order valence-electron chi connectivity index (χ4n) is 4.70. The Morgan fingerprint density at radius 2 is 1.90 bits per heavy atom. The van der Waals surface area contributed by atoms with Gasteiger partial charge in [0.1, 0.15) is 5.69 Å². The first-order valence-electron chi connectivity index (χ1n) is 9.57. The quantitative estimate of drug-likeness (QED) is 0.534. The molecule has 1 spiro atoms. The summed E-state index contributed by atoms with van der Waals surface area (Å²) in [6, 6.07) is 13.1. The van der Waals surface area contributed by atoms with Crippen LogP contribution in [0, 0.1) is 0 Å². The molecule has 2 aliphatic rings. The highest BCUT2D eigenvalue weighted by Gasteiger charge is 2.53. The monoisotopic (exact) mass is 471 g/mol. The van der Waals surface area contributed by atoms with E-state index in [1.807, 2.05) is 48.0 Å². The van der Waals surface area contributed by atoms with Crippen LogP contribution in [0.4, 0.5) is 5.69 Å². The standard InChI is InChI=1S/C22H19BrClN3O2/c1-26-17-5-3-15(24)10-13(17)11-19(26)20(28)27-18-4-2-14(23)12-16(18)22(21(27)29)6-8-25-9-7-22/h2-5,10-12,25H,6-9H2,1H3. The summed E-state index contributed by atoms with van der Waals surface area (Å²) < 4.78 is 2.74. The third-order valence-electron chi connectivity index (χ3n) is 6.21. The molecule has 2 aromatic carbocycles. The first kappa shape index (κ1) is 18.9. The summed E-state index contributed by atoms with van der Waals surface area (Å²) in [4.78, 5) is 28.7. The van der Waals surface area contributed by atoms with Crippen molar-refractivity contribution in [2.45, 2.75) is 18.3 Å². The van der Waals surface area contributed by atoms with Gasteiger partial charge in [-0.15, -0.1) is 0 Å². The lowest BCUT2D eigenvalue weighted by molar-refractivity contribution is -0.123. The van der Waals surface area contributed by atoms with E-state index in [2.05, 4.69) is 21.2 Å². The number of hydrogen-bond donors (Lipinski definition) is 1.